The maximum absolute atomic E-state index is 13.3. The van der Waals surface area contributed by atoms with Crippen LogP contribution in [0.4, 0.5) is 5.69 Å². The van der Waals surface area contributed by atoms with Crippen molar-refractivity contribution in [3.63, 3.8) is 0 Å². The van der Waals surface area contributed by atoms with Crippen molar-refractivity contribution < 1.29 is 14.4 Å². The maximum atomic E-state index is 13.3. The average molecular weight is 359 g/mol. The van der Waals surface area contributed by atoms with Crippen molar-refractivity contribution in [1.82, 2.24) is 10.2 Å². The molecule has 0 atom stereocenters. The average Bonchev–Trinajstić information content (AvgIpc) is 2.63. The van der Waals surface area contributed by atoms with Gasteiger partial charge in [0, 0.05) is 19.2 Å². The minimum Gasteiger partial charge on any atom is -0.347 e. The molecule has 0 saturated heterocycles. The monoisotopic (exact) mass is 359 g/mol. The van der Waals surface area contributed by atoms with Crippen LogP contribution in [-0.4, -0.2) is 41.2 Å². The van der Waals surface area contributed by atoms with Gasteiger partial charge in [-0.15, -0.1) is 0 Å². The second-order valence-corrected chi connectivity index (χ2v) is 6.91. The van der Waals surface area contributed by atoms with Crippen LogP contribution in [0.3, 0.4) is 0 Å². The molecule has 1 aliphatic rings. The topological polar surface area (TPSA) is 78.5 Å². The molecule has 0 spiro atoms. The van der Waals surface area contributed by atoms with Crippen molar-refractivity contribution >= 4 is 23.4 Å². The molecule has 1 aromatic carbocycles. The van der Waals surface area contributed by atoms with Crippen LogP contribution in [-0.2, 0) is 14.4 Å². The highest BCUT2D eigenvalue weighted by molar-refractivity contribution is 6.01. The lowest BCUT2D eigenvalue weighted by atomic mass is 9.79. The van der Waals surface area contributed by atoms with Gasteiger partial charge in [-0.3, -0.25) is 14.4 Å². The molecule has 3 amide bonds. The Hall–Kier alpha value is -2.37. The lowest BCUT2D eigenvalue weighted by molar-refractivity contribution is -0.147. The molecular formula is C20H29N3O3. The summed E-state index contributed by atoms with van der Waals surface area (Å²) in [5.41, 5.74) is 0.900. The fourth-order valence-corrected chi connectivity index (χ4v) is 3.72. The van der Waals surface area contributed by atoms with E-state index in [1.165, 1.54) is 6.92 Å². The van der Waals surface area contributed by atoms with Gasteiger partial charge in [0.1, 0.15) is 5.54 Å². The highest BCUT2D eigenvalue weighted by Gasteiger charge is 2.46. The second-order valence-electron chi connectivity index (χ2n) is 6.91. The Bertz CT molecular complexity index is 666. The van der Waals surface area contributed by atoms with Crippen LogP contribution < -0.4 is 10.6 Å². The lowest BCUT2D eigenvalue weighted by Gasteiger charge is -2.44. The van der Waals surface area contributed by atoms with Gasteiger partial charge in [-0.1, -0.05) is 37.5 Å². The van der Waals surface area contributed by atoms with Crippen LogP contribution >= 0.6 is 0 Å². The molecule has 0 heterocycles. The first-order valence-corrected chi connectivity index (χ1v) is 9.32. The minimum absolute atomic E-state index is 0.0808. The van der Waals surface area contributed by atoms with E-state index in [2.05, 4.69) is 10.6 Å². The van der Waals surface area contributed by atoms with Gasteiger partial charge in [0.2, 0.25) is 17.7 Å². The number of para-hydroxylation sites is 1. The summed E-state index contributed by atoms with van der Waals surface area (Å²) >= 11 is 0. The predicted molar refractivity (Wildman–Crippen MR) is 102 cm³/mol. The second kappa shape index (κ2) is 8.83. The van der Waals surface area contributed by atoms with Crippen molar-refractivity contribution in [1.29, 1.82) is 0 Å². The summed E-state index contributed by atoms with van der Waals surface area (Å²) in [6.07, 6.45) is 4.17. The molecule has 142 valence electrons. The fraction of sp³-hybridized carbons (Fsp3) is 0.550. The van der Waals surface area contributed by atoms with Crippen LogP contribution in [0.25, 0.3) is 0 Å². The summed E-state index contributed by atoms with van der Waals surface area (Å²) in [6, 6.07) is 7.63. The molecule has 0 radical (unpaired) electrons. The summed E-state index contributed by atoms with van der Waals surface area (Å²) in [4.78, 5) is 38.8. The molecule has 0 unspecified atom stereocenters. The van der Waals surface area contributed by atoms with Crippen molar-refractivity contribution in [2.45, 2.75) is 58.4 Å². The van der Waals surface area contributed by atoms with Gasteiger partial charge in [-0.25, -0.2) is 0 Å². The zero-order valence-electron chi connectivity index (χ0n) is 15.9. The Balaban J connectivity index is 2.27. The molecule has 1 aromatic rings. The number of carbonyl (C=O) groups is 3. The Morgan fingerprint density at radius 1 is 1.12 bits per heavy atom. The zero-order chi connectivity index (χ0) is 19.2. The zero-order valence-corrected chi connectivity index (χ0v) is 15.9. The number of carbonyl (C=O) groups excluding carboxylic acids is 3. The van der Waals surface area contributed by atoms with E-state index in [9.17, 15) is 14.4 Å². The highest BCUT2D eigenvalue weighted by atomic mass is 16.2. The molecule has 0 aliphatic heterocycles. The number of rotatable bonds is 6. The third-order valence-electron chi connectivity index (χ3n) is 5.12. The van der Waals surface area contributed by atoms with Gasteiger partial charge in [0.15, 0.2) is 0 Å². The normalized spacial score (nSPS) is 15.8. The fourth-order valence-electron chi connectivity index (χ4n) is 3.72. The van der Waals surface area contributed by atoms with Gasteiger partial charge in [-0.05, 0) is 38.3 Å². The number of anilines is 1. The van der Waals surface area contributed by atoms with E-state index in [1.54, 1.807) is 4.90 Å². The summed E-state index contributed by atoms with van der Waals surface area (Å²) in [5, 5.41) is 5.59. The summed E-state index contributed by atoms with van der Waals surface area (Å²) in [6.45, 7) is 5.55. The number of benzene rings is 1. The van der Waals surface area contributed by atoms with Gasteiger partial charge >= 0.3 is 0 Å². The largest absolute Gasteiger partial charge is 0.347 e. The highest BCUT2D eigenvalue weighted by Crippen LogP contribution is 2.35. The molecule has 1 saturated carbocycles. The molecule has 1 aliphatic carbocycles. The lowest BCUT2D eigenvalue weighted by Crippen LogP contribution is -2.61. The number of likely N-dealkylation sites (N-methyl/N-ethyl adjacent to an activating group) is 1. The van der Waals surface area contributed by atoms with Crippen LogP contribution in [0, 0.1) is 6.92 Å². The molecule has 26 heavy (non-hydrogen) atoms. The summed E-state index contributed by atoms with van der Waals surface area (Å²) in [5.74, 6) is -0.606. The number of amides is 3. The van der Waals surface area contributed by atoms with Crippen molar-refractivity contribution in [2.75, 3.05) is 18.4 Å². The third-order valence-corrected chi connectivity index (χ3v) is 5.12. The van der Waals surface area contributed by atoms with E-state index < -0.39 is 5.54 Å². The van der Waals surface area contributed by atoms with E-state index in [0.717, 1.165) is 30.5 Å². The van der Waals surface area contributed by atoms with E-state index in [1.807, 2.05) is 38.1 Å². The van der Waals surface area contributed by atoms with Gasteiger partial charge < -0.3 is 15.5 Å². The molecule has 2 N–H and O–H groups in total. The van der Waals surface area contributed by atoms with Gasteiger partial charge in [0.05, 0.1) is 6.54 Å². The Morgan fingerprint density at radius 2 is 1.77 bits per heavy atom. The van der Waals surface area contributed by atoms with E-state index in [4.69, 9.17) is 0 Å². The molecule has 6 heteroatoms. The van der Waals surface area contributed by atoms with Crippen LogP contribution in [0.2, 0.25) is 0 Å². The summed E-state index contributed by atoms with van der Waals surface area (Å²) in [7, 11) is 0. The number of nitrogens with one attached hydrogen (secondary N) is 2. The van der Waals surface area contributed by atoms with Crippen LogP contribution in [0.1, 0.15) is 51.5 Å². The van der Waals surface area contributed by atoms with Gasteiger partial charge in [0.25, 0.3) is 0 Å². The van der Waals surface area contributed by atoms with Crippen molar-refractivity contribution in [2.24, 2.45) is 0 Å². The molecular weight excluding hydrogens is 330 g/mol. The quantitative estimate of drug-likeness (QED) is 0.819. The molecule has 6 nitrogen and oxygen atoms in total. The predicted octanol–water partition coefficient (Wildman–Crippen LogP) is 2.62. The smallest absolute Gasteiger partial charge is 0.250 e. The van der Waals surface area contributed by atoms with Crippen molar-refractivity contribution in [3.8, 4) is 0 Å². The SMILES string of the molecule is CCN(C(=O)CNC(C)=O)C1(C(=O)Nc2ccccc2C)CCCCC1. The van der Waals surface area contributed by atoms with E-state index >= 15 is 0 Å². The first kappa shape index (κ1) is 19.9. The Morgan fingerprint density at radius 3 is 2.35 bits per heavy atom. The van der Waals surface area contributed by atoms with Crippen LogP contribution in [0.5, 0.6) is 0 Å². The molecule has 0 bridgehead atoms. The Labute approximate surface area is 155 Å². The summed E-state index contributed by atoms with van der Waals surface area (Å²) < 4.78 is 0. The number of hydrogen-bond donors (Lipinski definition) is 2. The van der Waals surface area contributed by atoms with Crippen LogP contribution in [0.15, 0.2) is 24.3 Å². The molecule has 0 aromatic heterocycles. The minimum atomic E-state index is -0.856. The van der Waals surface area contributed by atoms with Gasteiger partial charge in [-0.2, -0.15) is 0 Å². The Kier molecular flexibility index (Phi) is 6.77. The van der Waals surface area contributed by atoms with E-state index in [0.29, 0.717) is 19.4 Å². The number of hydrogen-bond acceptors (Lipinski definition) is 3. The molecule has 1 fully saturated rings. The number of aryl methyl sites for hydroxylation is 1. The first-order valence-electron chi connectivity index (χ1n) is 9.32. The standard InChI is InChI=1S/C20H29N3O3/c1-4-23(18(25)14-21-16(3)24)20(12-8-5-9-13-20)19(26)22-17-11-7-6-10-15(17)2/h6-7,10-11H,4-5,8-9,12-14H2,1-3H3,(H,21,24)(H,22,26). The molecule has 2 rings (SSSR count). The first-order chi connectivity index (χ1) is 12.4. The van der Waals surface area contributed by atoms with Crippen molar-refractivity contribution in [3.05, 3.63) is 29.8 Å². The third kappa shape index (κ3) is 4.42. The maximum Gasteiger partial charge on any atom is 0.250 e. The van der Waals surface area contributed by atoms with E-state index in [-0.39, 0.29) is 24.3 Å². The number of nitrogens with zero attached hydrogens (tertiary/aromatic N) is 1.